The summed E-state index contributed by atoms with van der Waals surface area (Å²) < 4.78 is 11.2. The molecule has 164 valence electrons. The highest BCUT2D eigenvalue weighted by molar-refractivity contribution is 6.54. The van der Waals surface area contributed by atoms with Gasteiger partial charge in [-0.3, -0.25) is 14.7 Å². The van der Waals surface area contributed by atoms with Gasteiger partial charge in [0.15, 0.2) is 10.6 Å². The summed E-state index contributed by atoms with van der Waals surface area (Å²) in [5.41, 5.74) is 1.97. The number of anilines is 1. The normalized spacial score (nSPS) is 12.2. The lowest BCUT2D eigenvalue weighted by molar-refractivity contribution is -0.118. The number of halogens is 4. The lowest BCUT2D eigenvalue weighted by atomic mass is 10.1. The number of nitrogens with zero attached hydrogens (tertiary/aromatic N) is 3. The highest BCUT2D eigenvalue weighted by atomic mass is 35.5. The van der Waals surface area contributed by atoms with Crippen LogP contribution in [0, 0.1) is 0 Å². The molecule has 10 heteroatoms. The fourth-order valence-corrected chi connectivity index (χ4v) is 3.51. The largest absolute Gasteiger partial charge is 0.358 e. The number of hydrogen-bond acceptors (Lipinski definition) is 5. The molecule has 0 aliphatic rings. The molecule has 0 radical (unpaired) electrons. The van der Waals surface area contributed by atoms with Crippen molar-refractivity contribution in [2.75, 3.05) is 11.6 Å². The van der Waals surface area contributed by atoms with Crippen LogP contribution in [-0.2, 0) is 9.53 Å². The molecule has 31 heavy (non-hydrogen) atoms. The molecular weight excluding hydrogens is 484 g/mol. The number of amides is 1. The molecule has 1 amide bonds. The Bertz CT molecular complexity index is 1040. The molecule has 0 spiro atoms. The van der Waals surface area contributed by atoms with Gasteiger partial charge in [0.2, 0.25) is 0 Å². The SMILES string of the molecule is CCC(C)OCN(C(=O)C(Cl)Cl)c1ccnc(-c2cc(-c3c(Cl)cccc3Cl)no2)c1. The number of pyridine rings is 1. The van der Waals surface area contributed by atoms with Gasteiger partial charge >= 0.3 is 0 Å². The van der Waals surface area contributed by atoms with Gasteiger partial charge in [-0.25, -0.2) is 0 Å². The van der Waals surface area contributed by atoms with Crippen LogP contribution in [0.4, 0.5) is 5.69 Å². The van der Waals surface area contributed by atoms with Crippen LogP contribution in [-0.4, -0.2) is 33.7 Å². The first kappa shape index (κ1) is 23.8. The summed E-state index contributed by atoms with van der Waals surface area (Å²) in [7, 11) is 0. The Kier molecular flexibility index (Phi) is 8.19. The number of benzene rings is 1. The summed E-state index contributed by atoms with van der Waals surface area (Å²) in [5, 5.41) is 4.96. The van der Waals surface area contributed by atoms with Crippen molar-refractivity contribution in [2.45, 2.75) is 31.2 Å². The molecule has 1 atom stereocenters. The third-order valence-corrected chi connectivity index (χ3v) is 5.56. The molecule has 0 bridgehead atoms. The second-order valence-corrected chi connectivity index (χ2v) is 8.56. The quantitative estimate of drug-likeness (QED) is 0.255. The van der Waals surface area contributed by atoms with Gasteiger partial charge in [0.05, 0.1) is 16.1 Å². The van der Waals surface area contributed by atoms with E-state index in [1.807, 2.05) is 13.8 Å². The minimum Gasteiger partial charge on any atom is -0.358 e. The number of aromatic nitrogens is 2. The standard InChI is InChI=1S/C21H19Cl4N3O3/c1-3-12(2)30-11-28(21(29)20(24)25)13-7-8-26-16(9-13)18-10-17(27-31-18)19-14(22)5-4-6-15(19)23/h4-10,12,20H,3,11H2,1-2H3. The summed E-state index contributed by atoms with van der Waals surface area (Å²) in [6.07, 6.45) is 2.29. The maximum atomic E-state index is 12.6. The van der Waals surface area contributed by atoms with Crippen molar-refractivity contribution >= 4 is 58.0 Å². The molecule has 6 nitrogen and oxygen atoms in total. The second-order valence-electron chi connectivity index (χ2n) is 6.65. The molecule has 2 heterocycles. The summed E-state index contributed by atoms with van der Waals surface area (Å²) in [6.45, 7) is 3.89. The Morgan fingerprint density at radius 2 is 1.87 bits per heavy atom. The van der Waals surface area contributed by atoms with Crippen molar-refractivity contribution < 1.29 is 14.1 Å². The van der Waals surface area contributed by atoms with E-state index in [2.05, 4.69) is 10.1 Å². The average molecular weight is 503 g/mol. The zero-order valence-corrected chi connectivity index (χ0v) is 19.7. The maximum Gasteiger partial charge on any atom is 0.262 e. The average Bonchev–Trinajstić information content (AvgIpc) is 3.23. The van der Waals surface area contributed by atoms with E-state index in [0.29, 0.717) is 38.4 Å². The summed E-state index contributed by atoms with van der Waals surface area (Å²) >= 11 is 24.2. The van der Waals surface area contributed by atoms with Gasteiger partial charge in [-0.15, -0.1) is 0 Å². The van der Waals surface area contributed by atoms with E-state index in [0.717, 1.165) is 6.42 Å². The molecule has 2 aromatic heterocycles. The molecule has 0 N–H and O–H groups in total. The molecule has 0 saturated heterocycles. The molecule has 0 aliphatic heterocycles. The van der Waals surface area contributed by atoms with Gasteiger partial charge in [0, 0.05) is 23.5 Å². The predicted octanol–water partition coefficient (Wildman–Crippen LogP) is 6.62. The first-order chi connectivity index (χ1) is 14.8. The Morgan fingerprint density at radius 1 is 1.16 bits per heavy atom. The molecule has 0 fully saturated rings. The monoisotopic (exact) mass is 501 g/mol. The first-order valence-electron chi connectivity index (χ1n) is 9.40. The number of hydrogen-bond donors (Lipinski definition) is 0. The van der Waals surface area contributed by atoms with Crippen LogP contribution >= 0.6 is 46.4 Å². The maximum absolute atomic E-state index is 12.6. The van der Waals surface area contributed by atoms with E-state index < -0.39 is 10.7 Å². The van der Waals surface area contributed by atoms with E-state index in [-0.39, 0.29) is 12.8 Å². The van der Waals surface area contributed by atoms with Gasteiger partial charge < -0.3 is 9.26 Å². The van der Waals surface area contributed by atoms with Crippen molar-refractivity contribution in [3.05, 3.63) is 52.6 Å². The van der Waals surface area contributed by atoms with Crippen molar-refractivity contribution in [2.24, 2.45) is 0 Å². The zero-order valence-electron chi connectivity index (χ0n) is 16.7. The molecule has 0 aliphatic carbocycles. The molecule has 3 rings (SSSR count). The van der Waals surface area contributed by atoms with Gasteiger partial charge in [-0.2, -0.15) is 0 Å². The Balaban J connectivity index is 1.93. The molecular formula is C21H19Cl4N3O3. The highest BCUT2D eigenvalue weighted by Gasteiger charge is 2.24. The fraction of sp³-hybridized carbons (Fsp3) is 0.286. The Hall–Kier alpha value is -1.83. The van der Waals surface area contributed by atoms with Crippen LogP contribution in [0.5, 0.6) is 0 Å². The van der Waals surface area contributed by atoms with Crippen molar-refractivity contribution in [1.82, 2.24) is 10.1 Å². The van der Waals surface area contributed by atoms with Crippen LogP contribution in [0.15, 0.2) is 47.1 Å². The third-order valence-electron chi connectivity index (χ3n) is 4.55. The topological polar surface area (TPSA) is 68.5 Å². The number of ether oxygens (including phenoxy) is 1. The van der Waals surface area contributed by atoms with E-state index in [9.17, 15) is 4.79 Å². The van der Waals surface area contributed by atoms with Crippen molar-refractivity contribution in [3.8, 4) is 22.7 Å². The Labute approximate surface area is 200 Å². The molecule has 1 unspecified atom stereocenters. The summed E-state index contributed by atoms with van der Waals surface area (Å²) in [4.78, 5) is 17.0. The van der Waals surface area contributed by atoms with Gasteiger partial charge in [-0.05, 0) is 37.6 Å². The van der Waals surface area contributed by atoms with Crippen molar-refractivity contribution in [1.29, 1.82) is 0 Å². The zero-order chi connectivity index (χ0) is 22.5. The molecule has 3 aromatic rings. The van der Waals surface area contributed by atoms with Crippen LogP contribution in [0.25, 0.3) is 22.7 Å². The second kappa shape index (κ2) is 10.7. The summed E-state index contributed by atoms with van der Waals surface area (Å²) in [6, 6.07) is 10.2. The highest BCUT2D eigenvalue weighted by Crippen LogP contribution is 2.36. The van der Waals surface area contributed by atoms with Crippen LogP contribution in [0.2, 0.25) is 10.0 Å². The third kappa shape index (κ3) is 5.70. The van der Waals surface area contributed by atoms with Gasteiger partial charge in [0.1, 0.15) is 18.1 Å². The van der Waals surface area contributed by atoms with Gasteiger partial charge in [-0.1, -0.05) is 64.6 Å². The number of carbonyl (C=O) groups is 1. The predicted molar refractivity (Wildman–Crippen MR) is 124 cm³/mol. The minimum atomic E-state index is -1.24. The first-order valence-corrected chi connectivity index (χ1v) is 11.0. The minimum absolute atomic E-state index is 0.00980. The van der Waals surface area contributed by atoms with Crippen LogP contribution < -0.4 is 4.90 Å². The van der Waals surface area contributed by atoms with E-state index >= 15 is 0 Å². The van der Waals surface area contributed by atoms with Crippen LogP contribution in [0.1, 0.15) is 20.3 Å². The van der Waals surface area contributed by atoms with Crippen molar-refractivity contribution in [3.63, 3.8) is 0 Å². The number of rotatable bonds is 8. The molecule has 0 saturated carbocycles. The molecule has 1 aromatic carbocycles. The summed E-state index contributed by atoms with van der Waals surface area (Å²) in [5.74, 6) is -0.138. The lowest BCUT2D eigenvalue weighted by Crippen LogP contribution is -2.38. The van der Waals surface area contributed by atoms with Crippen LogP contribution in [0.3, 0.4) is 0 Å². The van der Waals surface area contributed by atoms with E-state index in [4.69, 9.17) is 55.7 Å². The van der Waals surface area contributed by atoms with E-state index in [1.165, 1.54) is 11.1 Å². The Morgan fingerprint density at radius 3 is 2.52 bits per heavy atom. The smallest absolute Gasteiger partial charge is 0.262 e. The number of carbonyl (C=O) groups excluding carboxylic acids is 1. The van der Waals surface area contributed by atoms with Gasteiger partial charge in [0.25, 0.3) is 5.91 Å². The number of alkyl halides is 2. The fourth-order valence-electron chi connectivity index (χ4n) is 2.68. The lowest BCUT2D eigenvalue weighted by Gasteiger charge is -2.25. The van der Waals surface area contributed by atoms with E-state index in [1.54, 1.807) is 36.4 Å².